The molecule has 6 nitrogen and oxygen atoms in total. The van der Waals surface area contributed by atoms with E-state index >= 15 is 0 Å². The lowest BCUT2D eigenvalue weighted by molar-refractivity contribution is -0.112. The van der Waals surface area contributed by atoms with Crippen molar-refractivity contribution in [3.05, 3.63) is 65.2 Å². The number of carbonyl (C=O) groups is 2. The molecular formula is C22H21N3O3. The van der Waals surface area contributed by atoms with Crippen LogP contribution in [0.25, 0.3) is 6.08 Å². The van der Waals surface area contributed by atoms with Crippen molar-refractivity contribution in [2.45, 2.75) is 19.3 Å². The molecule has 0 atom stereocenters. The van der Waals surface area contributed by atoms with E-state index in [4.69, 9.17) is 5.11 Å². The van der Waals surface area contributed by atoms with E-state index in [1.54, 1.807) is 6.07 Å². The van der Waals surface area contributed by atoms with Gasteiger partial charge in [-0.15, -0.1) is 0 Å². The summed E-state index contributed by atoms with van der Waals surface area (Å²) < 4.78 is 0. The van der Waals surface area contributed by atoms with Crippen molar-refractivity contribution in [2.75, 3.05) is 23.3 Å². The number of nitriles is 1. The van der Waals surface area contributed by atoms with Crippen molar-refractivity contribution in [3.8, 4) is 6.07 Å². The molecule has 1 heterocycles. The van der Waals surface area contributed by atoms with Crippen LogP contribution in [0.1, 0.15) is 35.2 Å². The van der Waals surface area contributed by atoms with Crippen LogP contribution in [0, 0.1) is 11.3 Å². The summed E-state index contributed by atoms with van der Waals surface area (Å²) in [5, 5.41) is 21.0. The summed E-state index contributed by atoms with van der Waals surface area (Å²) in [7, 11) is 0. The lowest BCUT2D eigenvalue weighted by Gasteiger charge is -2.28. The largest absolute Gasteiger partial charge is 0.478 e. The number of nitrogens with one attached hydrogen (secondary N) is 1. The summed E-state index contributed by atoms with van der Waals surface area (Å²) in [6, 6.07) is 15.6. The van der Waals surface area contributed by atoms with Crippen molar-refractivity contribution in [1.29, 1.82) is 5.26 Å². The number of hydrogen-bond donors (Lipinski definition) is 2. The number of carboxylic acids is 1. The average Bonchev–Trinajstić information content (AvgIpc) is 2.73. The Morgan fingerprint density at radius 2 is 1.79 bits per heavy atom. The van der Waals surface area contributed by atoms with Crippen LogP contribution in [0.3, 0.4) is 0 Å². The Labute approximate surface area is 163 Å². The second kappa shape index (κ2) is 8.87. The highest BCUT2D eigenvalue weighted by atomic mass is 16.4. The van der Waals surface area contributed by atoms with Crippen molar-refractivity contribution in [3.63, 3.8) is 0 Å². The summed E-state index contributed by atoms with van der Waals surface area (Å²) in [6.45, 7) is 2.10. The van der Waals surface area contributed by atoms with E-state index in [9.17, 15) is 14.9 Å². The van der Waals surface area contributed by atoms with Crippen LogP contribution >= 0.6 is 0 Å². The molecule has 2 N–H and O–H groups in total. The molecule has 0 unspecified atom stereocenters. The Morgan fingerprint density at radius 3 is 2.43 bits per heavy atom. The fraction of sp³-hybridized carbons (Fsp3) is 0.227. The molecule has 0 aromatic heterocycles. The first-order valence-electron chi connectivity index (χ1n) is 9.18. The molecule has 1 aliphatic rings. The maximum absolute atomic E-state index is 12.4. The smallest absolute Gasteiger partial charge is 0.335 e. The van der Waals surface area contributed by atoms with Gasteiger partial charge in [0.15, 0.2) is 0 Å². The lowest BCUT2D eigenvalue weighted by atomic mass is 10.1. The number of benzene rings is 2. The number of carboxylic acid groups (broad SMARTS) is 1. The highest BCUT2D eigenvalue weighted by Crippen LogP contribution is 2.21. The van der Waals surface area contributed by atoms with E-state index in [1.165, 1.54) is 43.5 Å². The van der Waals surface area contributed by atoms with Crippen LogP contribution in [0.5, 0.6) is 0 Å². The van der Waals surface area contributed by atoms with Crippen LogP contribution in [-0.2, 0) is 4.79 Å². The molecule has 0 aliphatic carbocycles. The summed E-state index contributed by atoms with van der Waals surface area (Å²) >= 11 is 0. The Hall–Kier alpha value is -3.59. The van der Waals surface area contributed by atoms with Gasteiger partial charge in [0.25, 0.3) is 5.91 Å². The molecule has 2 aromatic rings. The molecule has 28 heavy (non-hydrogen) atoms. The van der Waals surface area contributed by atoms with Crippen LogP contribution in [0.15, 0.2) is 54.1 Å². The van der Waals surface area contributed by atoms with Crippen molar-refractivity contribution in [2.24, 2.45) is 0 Å². The average molecular weight is 375 g/mol. The van der Waals surface area contributed by atoms with E-state index in [-0.39, 0.29) is 11.1 Å². The van der Waals surface area contributed by atoms with Crippen LogP contribution in [0.4, 0.5) is 11.4 Å². The SMILES string of the molecule is N#CC(=Cc1ccc(N2CCCCC2)cc1)C(=O)Nc1cccc(C(=O)O)c1. The highest BCUT2D eigenvalue weighted by Gasteiger charge is 2.13. The Balaban J connectivity index is 1.72. The fourth-order valence-corrected chi connectivity index (χ4v) is 3.18. The number of amides is 1. The Bertz CT molecular complexity index is 936. The zero-order valence-corrected chi connectivity index (χ0v) is 15.4. The van der Waals surface area contributed by atoms with Gasteiger partial charge in [0.1, 0.15) is 11.6 Å². The van der Waals surface area contributed by atoms with Gasteiger partial charge in [0.05, 0.1) is 5.56 Å². The molecule has 1 fully saturated rings. The number of piperidine rings is 1. The monoisotopic (exact) mass is 375 g/mol. The lowest BCUT2D eigenvalue weighted by Crippen LogP contribution is -2.29. The Kier molecular flexibility index (Phi) is 6.07. The number of aromatic carboxylic acids is 1. The quantitative estimate of drug-likeness (QED) is 0.610. The molecule has 0 spiro atoms. The first-order chi connectivity index (χ1) is 13.6. The van der Waals surface area contributed by atoms with E-state index in [1.807, 2.05) is 30.3 Å². The van der Waals surface area contributed by atoms with Crippen molar-refractivity contribution in [1.82, 2.24) is 0 Å². The van der Waals surface area contributed by atoms with Gasteiger partial charge in [-0.25, -0.2) is 4.79 Å². The van der Waals surface area contributed by atoms with Crippen molar-refractivity contribution >= 4 is 29.3 Å². The maximum Gasteiger partial charge on any atom is 0.335 e. The molecule has 0 saturated carbocycles. The predicted octanol–water partition coefficient (Wildman–Crippen LogP) is 3.92. The molecule has 0 radical (unpaired) electrons. The van der Waals surface area contributed by atoms with Crippen LogP contribution in [-0.4, -0.2) is 30.1 Å². The minimum absolute atomic E-state index is 0.0496. The molecule has 1 saturated heterocycles. The van der Waals surface area contributed by atoms with Gasteiger partial charge in [-0.05, 0) is 61.2 Å². The van der Waals surface area contributed by atoms with E-state index < -0.39 is 11.9 Å². The summed E-state index contributed by atoms with van der Waals surface area (Å²) in [6.07, 6.45) is 5.19. The number of nitrogens with zero attached hydrogens (tertiary/aromatic N) is 2. The third-order valence-electron chi connectivity index (χ3n) is 4.66. The molecule has 1 amide bonds. The fourth-order valence-electron chi connectivity index (χ4n) is 3.18. The standard InChI is InChI=1S/C22H21N3O3/c23-15-18(21(26)24-19-6-4-5-17(14-19)22(27)28)13-16-7-9-20(10-8-16)25-11-2-1-3-12-25/h4-10,13-14H,1-3,11-12H2,(H,24,26)(H,27,28). The molecule has 142 valence electrons. The maximum atomic E-state index is 12.4. The van der Waals surface area contributed by atoms with E-state index in [0.717, 1.165) is 24.3 Å². The summed E-state index contributed by atoms with van der Waals surface area (Å²) in [4.78, 5) is 25.8. The van der Waals surface area contributed by atoms with Gasteiger partial charge < -0.3 is 15.3 Å². The molecule has 6 heteroatoms. The molecule has 3 rings (SSSR count). The minimum Gasteiger partial charge on any atom is -0.478 e. The molecule has 2 aromatic carbocycles. The highest BCUT2D eigenvalue weighted by molar-refractivity contribution is 6.10. The number of anilines is 2. The molecular weight excluding hydrogens is 354 g/mol. The second-order valence-corrected chi connectivity index (χ2v) is 6.65. The van der Waals surface area contributed by atoms with E-state index in [0.29, 0.717) is 5.69 Å². The molecule has 0 bridgehead atoms. The van der Waals surface area contributed by atoms with Gasteiger partial charge in [-0.3, -0.25) is 4.79 Å². The van der Waals surface area contributed by atoms with Gasteiger partial charge in [0, 0.05) is 24.5 Å². The number of hydrogen-bond acceptors (Lipinski definition) is 4. The summed E-state index contributed by atoms with van der Waals surface area (Å²) in [5.41, 5.74) is 2.24. The minimum atomic E-state index is -1.08. The third-order valence-corrected chi connectivity index (χ3v) is 4.66. The number of rotatable bonds is 5. The van der Waals surface area contributed by atoms with Crippen molar-refractivity contribution < 1.29 is 14.7 Å². The van der Waals surface area contributed by atoms with E-state index in [2.05, 4.69) is 10.2 Å². The Morgan fingerprint density at radius 1 is 1.07 bits per heavy atom. The third kappa shape index (κ3) is 4.77. The van der Waals surface area contributed by atoms with Gasteiger partial charge in [-0.1, -0.05) is 18.2 Å². The van der Waals surface area contributed by atoms with Gasteiger partial charge in [0.2, 0.25) is 0 Å². The number of carbonyl (C=O) groups excluding carboxylic acids is 1. The van der Waals surface area contributed by atoms with Crippen LogP contribution < -0.4 is 10.2 Å². The molecule has 1 aliphatic heterocycles. The summed E-state index contributed by atoms with van der Waals surface area (Å²) in [5.74, 6) is -1.66. The zero-order valence-electron chi connectivity index (χ0n) is 15.4. The first kappa shape index (κ1) is 19.2. The predicted molar refractivity (Wildman–Crippen MR) is 108 cm³/mol. The second-order valence-electron chi connectivity index (χ2n) is 6.65. The zero-order chi connectivity index (χ0) is 19.9. The van der Waals surface area contributed by atoms with Gasteiger partial charge >= 0.3 is 5.97 Å². The normalized spacial score (nSPS) is 14.2. The van der Waals surface area contributed by atoms with Gasteiger partial charge in [-0.2, -0.15) is 5.26 Å². The van der Waals surface area contributed by atoms with Crippen LogP contribution in [0.2, 0.25) is 0 Å². The topological polar surface area (TPSA) is 93.4 Å². The first-order valence-corrected chi connectivity index (χ1v) is 9.18.